The molecule has 3 unspecified atom stereocenters. The molecule has 1 fully saturated rings. The molecule has 1 aliphatic rings. The van der Waals surface area contributed by atoms with Gasteiger partial charge in [0.15, 0.2) is 0 Å². The highest BCUT2D eigenvalue weighted by molar-refractivity contribution is 5.96. The molecule has 0 radical (unpaired) electrons. The molecule has 0 heterocycles. The first-order valence-electron chi connectivity index (χ1n) is 7.38. The molecule has 3 atom stereocenters. The topological polar surface area (TPSA) is 64.3 Å². The minimum absolute atomic E-state index is 0.138. The molecular formula is C16H24N2O2. The van der Waals surface area contributed by atoms with E-state index in [2.05, 4.69) is 12.2 Å². The van der Waals surface area contributed by atoms with Gasteiger partial charge in [-0.25, -0.2) is 0 Å². The molecule has 4 heteroatoms. The maximum atomic E-state index is 12.2. The fourth-order valence-corrected chi connectivity index (χ4v) is 2.65. The molecule has 3 N–H and O–H groups in total. The van der Waals surface area contributed by atoms with Crippen molar-refractivity contribution >= 4 is 17.3 Å². The van der Waals surface area contributed by atoms with Crippen molar-refractivity contribution in [3.8, 4) is 0 Å². The van der Waals surface area contributed by atoms with Crippen LogP contribution in [0.15, 0.2) is 24.3 Å². The fourth-order valence-electron chi connectivity index (χ4n) is 2.65. The van der Waals surface area contributed by atoms with E-state index in [9.17, 15) is 4.79 Å². The summed E-state index contributed by atoms with van der Waals surface area (Å²) in [5.41, 5.74) is 7.03. The van der Waals surface area contributed by atoms with Crippen LogP contribution in [0.2, 0.25) is 0 Å². The van der Waals surface area contributed by atoms with Crippen LogP contribution in [-0.2, 0) is 9.53 Å². The smallest absolute Gasteiger partial charge is 0.253 e. The predicted molar refractivity (Wildman–Crippen MR) is 81.5 cm³/mol. The molecule has 1 saturated carbocycles. The van der Waals surface area contributed by atoms with Gasteiger partial charge in [0.05, 0.1) is 17.5 Å². The van der Waals surface area contributed by atoms with Crippen LogP contribution in [0.1, 0.15) is 39.5 Å². The van der Waals surface area contributed by atoms with Crippen LogP contribution in [0.25, 0.3) is 0 Å². The third kappa shape index (κ3) is 3.73. The van der Waals surface area contributed by atoms with Crippen LogP contribution in [0.5, 0.6) is 0 Å². The number of hydrogen-bond acceptors (Lipinski definition) is 3. The van der Waals surface area contributed by atoms with Crippen LogP contribution in [0.4, 0.5) is 11.4 Å². The normalized spacial score (nSPS) is 24.1. The first kappa shape index (κ1) is 14.9. The van der Waals surface area contributed by atoms with Crippen molar-refractivity contribution in [2.45, 2.75) is 51.7 Å². The monoisotopic (exact) mass is 276 g/mol. The number of carbonyl (C=O) groups excluding carboxylic acids is 1. The molecule has 1 aromatic rings. The zero-order valence-corrected chi connectivity index (χ0v) is 12.3. The number of anilines is 2. The number of hydrogen-bond donors (Lipinski definition) is 2. The Bertz CT molecular complexity index is 462. The zero-order valence-electron chi connectivity index (χ0n) is 12.3. The highest BCUT2D eigenvalue weighted by Crippen LogP contribution is 2.27. The lowest BCUT2D eigenvalue weighted by atomic mass is 9.88. The van der Waals surface area contributed by atoms with Crippen molar-refractivity contribution in [1.29, 1.82) is 0 Å². The number of carbonyl (C=O) groups is 1. The summed E-state index contributed by atoms with van der Waals surface area (Å²) in [4.78, 5) is 12.2. The summed E-state index contributed by atoms with van der Waals surface area (Å²) in [6, 6.07) is 7.25. The first-order chi connectivity index (χ1) is 9.58. The van der Waals surface area contributed by atoms with E-state index in [1.54, 1.807) is 19.1 Å². The number of nitrogens with one attached hydrogen (secondary N) is 1. The van der Waals surface area contributed by atoms with E-state index in [4.69, 9.17) is 10.5 Å². The third-order valence-corrected chi connectivity index (χ3v) is 4.00. The Balaban J connectivity index is 1.90. The van der Waals surface area contributed by atoms with Crippen molar-refractivity contribution < 1.29 is 9.53 Å². The summed E-state index contributed by atoms with van der Waals surface area (Å²) < 4.78 is 5.92. The molecule has 1 aromatic carbocycles. The lowest BCUT2D eigenvalue weighted by molar-refractivity contribution is -0.133. The molecule has 1 aliphatic carbocycles. The Hall–Kier alpha value is -1.55. The molecule has 0 spiro atoms. The minimum atomic E-state index is -0.458. The summed E-state index contributed by atoms with van der Waals surface area (Å²) in [5, 5.41) is 2.83. The molecule has 4 nitrogen and oxygen atoms in total. The highest BCUT2D eigenvalue weighted by Gasteiger charge is 2.26. The Morgan fingerprint density at radius 3 is 2.75 bits per heavy atom. The number of para-hydroxylation sites is 2. The minimum Gasteiger partial charge on any atom is -0.397 e. The lowest BCUT2D eigenvalue weighted by Gasteiger charge is -2.30. The molecule has 20 heavy (non-hydrogen) atoms. The van der Waals surface area contributed by atoms with E-state index in [0.29, 0.717) is 17.3 Å². The Morgan fingerprint density at radius 1 is 1.35 bits per heavy atom. The maximum Gasteiger partial charge on any atom is 0.253 e. The van der Waals surface area contributed by atoms with Gasteiger partial charge in [0.25, 0.3) is 5.91 Å². The number of rotatable bonds is 4. The van der Waals surface area contributed by atoms with Gasteiger partial charge in [-0.2, -0.15) is 0 Å². The van der Waals surface area contributed by atoms with E-state index in [0.717, 1.165) is 6.42 Å². The van der Waals surface area contributed by atoms with Crippen LogP contribution >= 0.6 is 0 Å². The summed E-state index contributed by atoms with van der Waals surface area (Å²) in [6.45, 7) is 4.00. The second-order valence-electron chi connectivity index (χ2n) is 5.66. The number of ether oxygens (including phenoxy) is 1. The van der Waals surface area contributed by atoms with E-state index < -0.39 is 6.10 Å². The average Bonchev–Trinajstić information content (AvgIpc) is 2.43. The van der Waals surface area contributed by atoms with Gasteiger partial charge < -0.3 is 15.8 Å². The van der Waals surface area contributed by atoms with Gasteiger partial charge in [0.1, 0.15) is 6.10 Å². The van der Waals surface area contributed by atoms with Crippen molar-refractivity contribution in [2.75, 3.05) is 11.1 Å². The van der Waals surface area contributed by atoms with Crippen molar-refractivity contribution in [1.82, 2.24) is 0 Å². The summed E-state index contributed by atoms with van der Waals surface area (Å²) in [5.74, 6) is 0.390. The van der Waals surface area contributed by atoms with Gasteiger partial charge in [0.2, 0.25) is 0 Å². The third-order valence-electron chi connectivity index (χ3n) is 4.00. The fraction of sp³-hybridized carbons (Fsp3) is 0.562. The first-order valence-corrected chi connectivity index (χ1v) is 7.38. The van der Waals surface area contributed by atoms with Crippen LogP contribution in [0, 0.1) is 5.92 Å². The summed E-state index contributed by atoms with van der Waals surface area (Å²) in [6.07, 6.45) is 4.42. The quantitative estimate of drug-likeness (QED) is 0.830. The van der Waals surface area contributed by atoms with Crippen molar-refractivity contribution in [3.05, 3.63) is 24.3 Å². The second-order valence-corrected chi connectivity index (χ2v) is 5.66. The van der Waals surface area contributed by atoms with Crippen molar-refractivity contribution in [2.24, 2.45) is 5.92 Å². The van der Waals surface area contributed by atoms with E-state index in [-0.39, 0.29) is 12.0 Å². The van der Waals surface area contributed by atoms with E-state index in [1.807, 2.05) is 12.1 Å². The van der Waals surface area contributed by atoms with Crippen LogP contribution < -0.4 is 11.1 Å². The van der Waals surface area contributed by atoms with E-state index >= 15 is 0 Å². The van der Waals surface area contributed by atoms with Gasteiger partial charge in [-0.15, -0.1) is 0 Å². The average molecular weight is 276 g/mol. The zero-order chi connectivity index (χ0) is 14.5. The van der Waals surface area contributed by atoms with Gasteiger partial charge in [0, 0.05) is 0 Å². The van der Waals surface area contributed by atoms with Gasteiger partial charge in [-0.1, -0.05) is 31.9 Å². The SMILES string of the molecule is CC(OC1CCCCC1C)C(=O)Nc1ccccc1N. The number of amides is 1. The molecule has 0 aromatic heterocycles. The lowest BCUT2D eigenvalue weighted by Crippen LogP contribution is -2.35. The number of benzene rings is 1. The Kier molecular flexibility index (Phi) is 5.01. The molecule has 2 rings (SSSR count). The predicted octanol–water partition coefficient (Wildman–Crippen LogP) is 3.19. The number of nitrogens with two attached hydrogens (primary N) is 1. The highest BCUT2D eigenvalue weighted by atomic mass is 16.5. The maximum absolute atomic E-state index is 12.2. The summed E-state index contributed by atoms with van der Waals surface area (Å²) >= 11 is 0. The van der Waals surface area contributed by atoms with Crippen molar-refractivity contribution in [3.63, 3.8) is 0 Å². The molecule has 0 aliphatic heterocycles. The van der Waals surface area contributed by atoms with E-state index in [1.165, 1.54) is 19.3 Å². The standard InChI is InChI=1S/C16H24N2O2/c1-11-7-3-6-10-15(11)20-12(2)16(19)18-14-9-5-4-8-13(14)17/h4-5,8-9,11-12,15H,3,6-7,10,17H2,1-2H3,(H,18,19). The molecule has 0 bridgehead atoms. The molecular weight excluding hydrogens is 252 g/mol. The van der Waals surface area contributed by atoms with Gasteiger partial charge in [-0.05, 0) is 37.8 Å². The molecule has 1 amide bonds. The van der Waals surface area contributed by atoms with Gasteiger partial charge >= 0.3 is 0 Å². The van der Waals surface area contributed by atoms with Crippen LogP contribution in [-0.4, -0.2) is 18.1 Å². The second kappa shape index (κ2) is 6.75. The Morgan fingerprint density at radius 2 is 2.05 bits per heavy atom. The van der Waals surface area contributed by atoms with Gasteiger partial charge in [-0.3, -0.25) is 4.79 Å². The molecule has 110 valence electrons. The summed E-state index contributed by atoms with van der Waals surface area (Å²) in [7, 11) is 0. The Labute approximate surface area is 120 Å². The number of nitrogen functional groups attached to an aromatic ring is 1. The largest absolute Gasteiger partial charge is 0.397 e. The molecule has 0 saturated heterocycles. The van der Waals surface area contributed by atoms with Crippen LogP contribution in [0.3, 0.4) is 0 Å².